The number of aryl methyl sites for hydroxylation is 1. The molecule has 0 amide bonds. The van der Waals surface area contributed by atoms with E-state index in [4.69, 9.17) is 0 Å². The van der Waals surface area contributed by atoms with Crippen LogP contribution >= 0.6 is 0 Å². The molecule has 1 heterocycles. The number of nitrogens with zero attached hydrogens (tertiary/aromatic N) is 1. The van der Waals surface area contributed by atoms with Gasteiger partial charge in [0, 0.05) is 17.9 Å². The normalized spacial score (nSPS) is 10.9. The summed E-state index contributed by atoms with van der Waals surface area (Å²) < 4.78 is 2.30. The van der Waals surface area contributed by atoms with Crippen molar-refractivity contribution in [3.05, 3.63) is 48.2 Å². The SMILES string of the molecule is Cc1ccc(-c2cccn2C(C)C)cc1. The van der Waals surface area contributed by atoms with E-state index in [2.05, 4.69) is 67.9 Å². The average Bonchev–Trinajstić information content (AvgIpc) is 2.67. The van der Waals surface area contributed by atoms with Crippen molar-refractivity contribution < 1.29 is 0 Å². The lowest BCUT2D eigenvalue weighted by Crippen LogP contribution is -2.00. The third-order valence-electron chi connectivity index (χ3n) is 2.68. The van der Waals surface area contributed by atoms with Crippen molar-refractivity contribution in [3.63, 3.8) is 0 Å². The molecule has 2 rings (SSSR count). The molecule has 0 radical (unpaired) electrons. The first-order valence-corrected chi connectivity index (χ1v) is 5.42. The third-order valence-corrected chi connectivity index (χ3v) is 2.68. The Morgan fingerprint density at radius 3 is 2.27 bits per heavy atom. The highest BCUT2D eigenvalue weighted by molar-refractivity contribution is 5.60. The Labute approximate surface area is 91.4 Å². The van der Waals surface area contributed by atoms with Crippen LogP contribution in [0.25, 0.3) is 11.3 Å². The Balaban J connectivity index is 2.45. The van der Waals surface area contributed by atoms with Crippen LogP contribution in [0.3, 0.4) is 0 Å². The van der Waals surface area contributed by atoms with Crippen molar-refractivity contribution in [2.75, 3.05) is 0 Å². The largest absolute Gasteiger partial charge is 0.345 e. The molecule has 0 aliphatic rings. The molecule has 15 heavy (non-hydrogen) atoms. The summed E-state index contributed by atoms with van der Waals surface area (Å²) in [7, 11) is 0. The molecule has 0 atom stereocenters. The second-order valence-corrected chi connectivity index (χ2v) is 4.26. The van der Waals surface area contributed by atoms with Crippen molar-refractivity contribution in [1.82, 2.24) is 4.57 Å². The van der Waals surface area contributed by atoms with Gasteiger partial charge in [0.25, 0.3) is 0 Å². The molecule has 0 aliphatic carbocycles. The molecule has 2 aromatic rings. The van der Waals surface area contributed by atoms with E-state index in [9.17, 15) is 0 Å². The van der Waals surface area contributed by atoms with E-state index >= 15 is 0 Å². The van der Waals surface area contributed by atoms with Crippen molar-refractivity contribution in [2.24, 2.45) is 0 Å². The van der Waals surface area contributed by atoms with E-state index in [0.29, 0.717) is 6.04 Å². The number of aromatic nitrogens is 1. The fraction of sp³-hybridized carbons (Fsp3) is 0.286. The van der Waals surface area contributed by atoms with Gasteiger partial charge in [-0.15, -0.1) is 0 Å². The van der Waals surface area contributed by atoms with E-state index in [1.807, 2.05) is 0 Å². The maximum Gasteiger partial charge on any atom is 0.0482 e. The number of hydrogen-bond donors (Lipinski definition) is 0. The Hall–Kier alpha value is -1.50. The first-order chi connectivity index (χ1) is 7.18. The molecule has 0 fully saturated rings. The van der Waals surface area contributed by atoms with Gasteiger partial charge in [0.15, 0.2) is 0 Å². The maximum atomic E-state index is 2.30. The first kappa shape index (κ1) is 10.0. The summed E-state index contributed by atoms with van der Waals surface area (Å²) in [4.78, 5) is 0. The molecule has 0 unspecified atom stereocenters. The van der Waals surface area contributed by atoms with Gasteiger partial charge in [-0.1, -0.05) is 29.8 Å². The predicted octanol–water partition coefficient (Wildman–Crippen LogP) is 4.04. The second-order valence-electron chi connectivity index (χ2n) is 4.26. The molecule has 0 saturated heterocycles. The van der Waals surface area contributed by atoms with Crippen LogP contribution in [0.5, 0.6) is 0 Å². The van der Waals surface area contributed by atoms with Crippen molar-refractivity contribution in [2.45, 2.75) is 26.8 Å². The van der Waals surface area contributed by atoms with Gasteiger partial charge in [0.2, 0.25) is 0 Å². The third kappa shape index (κ3) is 1.96. The molecule has 0 N–H and O–H groups in total. The zero-order valence-electron chi connectivity index (χ0n) is 9.57. The monoisotopic (exact) mass is 199 g/mol. The van der Waals surface area contributed by atoms with Gasteiger partial charge in [-0.05, 0) is 38.5 Å². The number of hydrogen-bond acceptors (Lipinski definition) is 0. The molecule has 0 aliphatic heterocycles. The zero-order valence-corrected chi connectivity index (χ0v) is 9.57. The van der Waals surface area contributed by atoms with Gasteiger partial charge in [0.1, 0.15) is 0 Å². The highest BCUT2D eigenvalue weighted by Gasteiger charge is 2.05. The highest BCUT2D eigenvalue weighted by Crippen LogP contribution is 2.23. The first-order valence-electron chi connectivity index (χ1n) is 5.42. The van der Waals surface area contributed by atoms with E-state index < -0.39 is 0 Å². The van der Waals surface area contributed by atoms with Crippen molar-refractivity contribution in [1.29, 1.82) is 0 Å². The maximum absolute atomic E-state index is 2.30. The summed E-state index contributed by atoms with van der Waals surface area (Å²) in [6, 6.07) is 13.5. The van der Waals surface area contributed by atoms with E-state index in [1.54, 1.807) is 0 Å². The van der Waals surface area contributed by atoms with Gasteiger partial charge in [-0.3, -0.25) is 0 Å². The van der Waals surface area contributed by atoms with Crippen LogP contribution in [-0.4, -0.2) is 4.57 Å². The van der Waals surface area contributed by atoms with Gasteiger partial charge in [-0.25, -0.2) is 0 Å². The molecule has 0 saturated carbocycles. The lowest BCUT2D eigenvalue weighted by molar-refractivity contribution is 0.610. The fourth-order valence-electron chi connectivity index (χ4n) is 1.81. The molecule has 1 heteroatoms. The summed E-state index contributed by atoms with van der Waals surface area (Å²) in [5.74, 6) is 0. The van der Waals surface area contributed by atoms with Crippen LogP contribution in [0.4, 0.5) is 0 Å². The van der Waals surface area contributed by atoms with Crippen LogP contribution in [0.15, 0.2) is 42.6 Å². The summed E-state index contributed by atoms with van der Waals surface area (Å²) in [5.41, 5.74) is 3.89. The van der Waals surface area contributed by atoms with Gasteiger partial charge in [0.05, 0.1) is 0 Å². The van der Waals surface area contributed by atoms with Gasteiger partial charge >= 0.3 is 0 Å². The summed E-state index contributed by atoms with van der Waals surface area (Å²) in [5, 5.41) is 0. The quantitative estimate of drug-likeness (QED) is 0.687. The molecule has 0 spiro atoms. The van der Waals surface area contributed by atoms with Crippen LogP contribution in [-0.2, 0) is 0 Å². The molecular formula is C14H17N. The predicted molar refractivity (Wildman–Crippen MR) is 65.0 cm³/mol. The molecule has 0 bridgehead atoms. The number of benzene rings is 1. The lowest BCUT2D eigenvalue weighted by atomic mass is 10.1. The second kappa shape index (κ2) is 3.93. The van der Waals surface area contributed by atoms with Gasteiger partial charge in [-0.2, -0.15) is 0 Å². The summed E-state index contributed by atoms with van der Waals surface area (Å²) in [6.45, 7) is 6.53. The van der Waals surface area contributed by atoms with Crippen molar-refractivity contribution >= 4 is 0 Å². The Morgan fingerprint density at radius 1 is 1.00 bits per heavy atom. The van der Waals surface area contributed by atoms with E-state index in [1.165, 1.54) is 16.8 Å². The standard InChI is InChI=1S/C14H17N/c1-11(2)15-10-4-5-14(15)13-8-6-12(3)7-9-13/h4-11H,1-3H3. The Kier molecular flexibility index (Phi) is 2.63. The summed E-state index contributed by atoms with van der Waals surface area (Å²) in [6.07, 6.45) is 2.14. The average molecular weight is 199 g/mol. The van der Waals surface area contributed by atoms with Crippen LogP contribution in [0.1, 0.15) is 25.5 Å². The highest BCUT2D eigenvalue weighted by atomic mass is 15.0. The Bertz CT molecular complexity index is 435. The smallest absolute Gasteiger partial charge is 0.0482 e. The molecule has 1 aromatic heterocycles. The fourth-order valence-corrected chi connectivity index (χ4v) is 1.81. The lowest BCUT2D eigenvalue weighted by Gasteiger charge is -2.13. The molecule has 78 valence electrons. The van der Waals surface area contributed by atoms with E-state index in [-0.39, 0.29) is 0 Å². The topological polar surface area (TPSA) is 4.93 Å². The van der Waals surface area contributed by atoms with Crippen molar-refractivity contribution in [3.8, 4) is 11.3 Å². The van der Waals surface area contributed by atoms with Crippen LogP contribution in [0.2, 0.25) is 0 Å². The van der Waals surface area contributed by atoms with Crippen LogP contribution < -0.4 is 0 Å². The van der Waals surface area contributed by atoms with Gasteiger partial charge < -0.3 is 4.57 Å². The Morgan fingerprint density at radius 2 is 1.67 bits per heavy atom. The molecule has 1 nitrogen and oxygen atoms in total. The minimum Gasteiger partial charge on any atom is -0.345 e. The molecule has 1 aromatic carbocycles. The van der Waals surface area contributed by atoms with Crippen LogP contribution in [0, 0.1) is 6.92 Å². The van der Waals surface area contributed by atoms with E-state index in [0.717, 1.165) is 0 Å². The summed E-state index contributed by atoms with van der Waals surface area (Å²) >= 11 is 0. The molecular weight excluding hydrogens is 182 g/mol. The minimum atomic E-state index is 0.510. The minimum absolute atomic E-state index is 0.510. The zero-order chi connectivity index (χ0) is 10.8. The number of rotatable bonds is 2.